The molecule has 2 aliphatic rings. The smallest absolute Gasteiger partial charge is 0.191 e. The van der Waals surface area contributed by atoms with Crippen LogP contribution in [0.25, 0.3) is 0 Å². The lowest BCUT2D eigenvalue weighted by molar-refractivity contribution is 0.0389. The van der Waals surface area contributed by atoms with Crippen molar-refractivity contribution in [3.05, 3.63) is 0 Å². The second-order valence-corrected chi connectivity index (χ2v) is 7.04. The average molecular weight is 467 g/mol. The number of aliphatic imine (C=N–C) groups is 1. The number of guanidine groups is 1. The molecule has 148 valence electrons. The van der Waals surface area contributed by atoms with Gasteiger partial charge in [-0.2, -0.15) is 0 Å². The minimum atomic E-state index is 0. The van der Waals surface area contributed by atoms with Crippen molar-refractivity contribution in [1.29, 1.82) is 0 Å². The van der Waals surface area contributed by atoms with Crippen molar-refractivity contribution in [2.45, 2.75) is 33.1 Å². The highest BCUT2D eigenvalue weighted by atomic mass is 127. The molecule has 0 aliphatic carbocycles. The largest absolute Gasteiger partial charge is 0.379 e. The number of hydrogen-bond acceptors (Lipinski definition) is 4. The molecule has 25 heavy (non-hydrogen) atoms. The number of nitrogens with one attached hydrogen (secondary N) is 2. The van der Waals surface area contributed by atoms with Gasteiger partial charge in [0.2, 0.25) is 0 Å². The zero-order chi connectivity index (χ0) is 17.0. The van der Waals surface area contributed by atoms with E-state index in [4.69, 9.17) is 9.73 Å². The average Bonchev–Trinajstić information content (AvgIpc) is 2.60. The third kappa shape index (κ3) is 9.96. The van der Waals surface area contributed by atoms with Crippen LogP contribution in [0.3, 0.4) is 0 Å². The Morgan fingerprint density at radius 1 is 1.12 bits per heavy atom. The van der Waals surface area contributed by atoms with E-state index in [0.717, 1.165) is 70.8 Å². The van der Waals surface area contributed by atoms with Gasteiger partial charge in [-0.05, 0) is 45.2 Å². The molecule has 2 fully saturated rings. The summed E-state index contributed by atoms with van der Waals surface area (Å²) >= 11 is 0. The monoisotopic (exact) mass is 467 g/mol. The Bertz CT molecular complexity index is 363. The molecule has 2 rings (SSSR count). The molecule has 1 atom stereocenters. The Morgan fingerprint density at radius 3 is 2.64 bits per heavy atom. The Labute approximate surface area is 171 Å². The zero-order valence-corrected chi connectivity index (χ0v) is 18.5. The number of piperidine rings is 1. The molecular weight excluding hydrogens is 429 g/mol. The zero-order valence-electron chi connectivity index (χ0n) is 16.1. The molecule has 1 unspecified atom stereocenters. The lowest BCUT2D eigenvalue weighted by Gasteiger charge is -2.30. The molecule has 6 nitrogen and oxygen atoms in total. The quantitative estimate of drug-likeness (QED) is 0.246. The standard InChI is InChI=1S/C18H37N5O.HI/c1-3-19-18(21-8-11-22-12-14-24-15-13-22)20-7-5-10-23-9-4-6-17(2)16-23;/h17H,3-16H2,1-2H3,(H2,19,20,21);1H. The summed E-state index contributed by atoms with van der Waals surface area (Å²) in [7, 11) is 0. The molecule has 0 amide bonds. The highest BCUT2D eigenvalue weighted by molar-refractivity contribution is 14.0. The highest BCUT2D eigenvalue weighted by Gasteiger charge is 2.15. The minimum absolute atomic E-state index is 0. The number of nitrogens with zero attached hydrogens (tertiary/aromatic N) is 3. The number of hydrogen-bond donors (Lipinski definition) is 2. The van der Waals surface area contributed by atoms with E-state index in [1.807, 2.05) is 0 Å². The SMILES string of the molecule is CCNC(=NCCCN1CCCC(C)C1)NCCN1CCOCC1.I. The first-order valence-electron chi connectivity index (χ1n) is 9.82. The third-order valence-electron chi connectivity index (χ3n) is 4.81. The fourth-order valence-electron chi connectivity index (χ4n) is 3.47. The first-order valence-corrected chi connectivity index (χ1v) is 9.82. The van der Waals surface area contributed by atoms with E-state index in [1.54, 1.807) is 0 Å². The van der Waals surface area contributed by atoms with Crippen LogP contribution in [-0.2, 0) is 4.74 Å². The summed E-state index contributed by atoms with van der Waals surface area (Å²) in [5.41, 5.74) is 0. The van der Waals surface area contributed by atoms with Crippen LogP contribution in [0.1, 0.15) is 33.1 Å². The molecule has 2 saturated heterocycles. The predicted molar refractivity (Wildman–Crippen MR) is 116 cm³/mol. The van der Waals surface area contributed by atoms with E-state index in [0.29, 0.717) is 0 Å². The summed E-state index contributed by atoms with van der Waals surface area (Å²) in [5, 5.41) is 6.80. The second-order valence-electron chi connectivity index (χ2n) is 7.04. The molecule has 0 bridgehead atoms. The third-order valence-corrected chi connectivity index (χ3v) is 4.81. The van der Waals surface area contributed by atoms with Crippen LogP contribution in [0.2, 0.25) is 0 Å². The van der Waals surface area contributed by atoms with E-state index >= 15 is 0 Å². The number of morpholine rings is 1. The Morgan fingerprint density at radius 2 is 1.92 bits per heavy atom. The molecule has 0 radical (unpaired) electrons. The lowest BCUT2D eigenvalue weighted by atomic mass is 10.0. The van der Waals surface area contributed by atoms with Crippen LogP contribution < -0.4 is 10.6 Å². The first kappa shape index (κ1) is 22.9. The maximum atomic E-state index is 5.39. The van der Waals surface area contributed by atoms with Gasteiger partial charge in [0.05, 0.1) is 13.2 Å². The van der Waals surface area contributed by atoms with Gasteiger partial charge in [-0.25, -0.2) is 0 Å². The molecule has 2 heterocycles. The summed E-state index contributed by atoms with van der Waals surface area (Å²) in [6.45, 7) is 15.8. The van der Waals surface area contributed by atoms with E-state index in [1.165, 1.54) is 32.5 Å². The molecular formula is C18H38IN5O. The van der Waals surface area contributed by atoms with Gasteiger partial charge >= 0.3 is 0 Å². The fraction of sp³-hybridized carbons (Fsp3) is 0.944. The van der Waals surface area contributed by atoms with Crippen molar-refractivity contribution in [3.8, 4) is 0 Å². The summed E-state index contributed by atoms with van der Waals surface area (Å²) in [6, 6.07) is 0. The van der Waals surface area contributed by atoms with Gasteiger partial charge < -0.3 is 20.3 Å². The maximum absolute atomic E-state index is 5.39. The Kier molecular flexibility index (Phi) is 12.8. The normalized spacial score (nSPS) is 23.1. The predicted octanol–water partition coefficient (Wildman–Crippen LogP) is 1.61. The molecule has 0 aromatic rings. The molecule has 0 aromatic carbocycles. The van der Waals surface area contributed by atoms with E-state index in [2.05, 4.69) is 34.3 Å². The van der Waals surface area contributed by atoms with Gasteiger partial charge in [0.1, 0.15) is 0 Å². The minimum Gasteiger partial charge on any atom is -0.379 e. The first-order chi connectivity index (χ1) is 11.8. The second kappa shape index (κ2) is 14.0. The van der Waals surface area contributed by atoms with Crippen molar-refractivity contribution in [1.82, 2.24) is 20.4 Å². The van der Waals surface area contributed by atoms with Gasteiger partial charge in [0, 0.05) is 45.8 Å². The number of rotatable bonds is 8. The summed E-state index contributed by atoms with van der Waals surface area (Å²) in [6.07, 6.45) is 3.90. The van der Waals surface area contributed by atoms with Gasteiger partial charge in [-0.3, -0.25) is 9.89 Å². The van der Waals surface area contributed by atoms with Crippen molar-refractivity contribution >= 4 is 29.9 Å². The number of likely N-dealkylation sites (tertiary alicyclic amines) is 1. The van der Waals surface area contributed by atoms with E-state index in [-0.39, 0.29) is 24.0 Å². The molecule has 2 N–H and O–H groups in total. The van der Waals surface area contributed by atoms with Crippen LogP contribution in [-0.4, -0.2) is 87.9 Å². The van der Waals surface area contributed by atoms with Crippen LogP contribution in [0.5, 0.6) is 0 Å². The number of halogens is 1. The van der Waals surface area contributed by atoms with Gasteiger partial charge in [-0.1, -0.05) is 6.92 Å². The fourth-order valence-corrected chi connectivity index (χ4v) is 3.47. The Hall–Kier alpha value is -0.120. The van der Waals surface area contributed by atoms with Crippen molar-refractivity contribution in [2.75, 3.05) is 72.1 Å². The summed E-state index contributed by atoms with van der Waals surface area (Å²) in [4.78, 5) is 9.77. The molecule has 0 saturated carbocycles. The molecule has 2 aliphatic heterocycles. The molecule has 0 aromatic heterocycles. The van der Waals surface area contributed by atoms with Crippen LogP contribution >= 0.6 is 24.0 Å². The topological polar surface area (TPSA) is 52.1 Å². The highest BCUT2D eigenvalue weighted by Crippen LogP contribution is 2.15. The van der Waals surface area contributed by atoms with Gasteiger partial charge in [0.25, 0.3) is 0 Å². The van der Waals surface area contributed by atoms with E-state index in [9.17, 15) is 0 Å². The van der Waals surface area contributed by atoms with Crippen LogP contribution in [0.15, 0.2) is 4.99 Å². The molecule has 7 heteroatoms. The number of ether oxygens (including phenoxy) is 1. The van der Waals surface area contributed by atoms with Crippen molar-refractivity contribution in [3.63, 3.8) is 0 Å². The maximum Gasteiger partial charge on any atom is 0.191 e. The summed E-state index contributed by atoms with van der Waals surface area (Å²) < 4.78 is 5.39. The Balaban J connectivity index is 0.00000312. The summed E-state index contributed by atoms with van der Waals surface area (Å²) in [5.74, 6) is 1.82. The van der Waals surface area contributed by atoms with Crippen molar-refractivity contribution in [2.24, 2.45) is 10.9 Å². The van der Waals surface area contributed by atoms with Crippen LogP contribution in [0.4, 0.5) is 0 Å². The van der Waals surface area contributed by atoms with Crippen LogP contribution in [0, 0.1) is 5.92 Å². The van der Waals surface area contributed by atoms with Gasteiger partial charge in [-0.15, -0.1) is 24.0 Å². The van der Waals surface area contributed by atoms with E-state index < -0.39 is 0 Å². The van der Waals surface area contributed by atoms with Crippen molar-refractivity contribution < 1.29 is 4.74 Å². The van der Waals surface area contributed by atoms with Gasteiger partial charge in [0.15, 0.2) is 5.96 Å². The lowest BCUT2D eigenvalue weighted by Crippen LogP contribution is -2.44. The molecule has 0 spiro atoms.